The van der Waals surface area contributed by atoms with E-state index in [1.165, 1.54) is 0 Å². The van der Waals surface area contributed by atoms with Crippen molar-refractivity contribution in [2.24, 2.45) is 11.1 Å². The molecule has 1 aliphatic heterocycles. The number of thiocarbonyl (C=S) groups is 1. The van der Waals surface area contributed by atoms with E-state index in [2.05, 4.69) is 5.32 Å². The second-order valence-corrected chi connectivity index (χ2v) is 6.78. The van der Waals surface area contributed by atoms with E-state index in [1.807, 2.05) is 0 Å². The molecule has 1 unspecified atom stereocenters. The highest BCUT2D eigenvalue weighted by molar-refractivity contribution is 7.80. The Morgan fingerprint density at radius 2 is 1.95 bits per heavy atom. The second-order valence-electron chi connectivity index (χ2n) is 6.34. The standard InChI is InChI=1S/C15H25N3O2S/c1-18-10-11(6-7-12(18)19)17-14(20)15(13(16)21)8-4-2-3-5-9-15/h11H,2-10H2,1H3,(H2,16,21)(H,17,20). The zero-order valence-corrected chi connectivity index (χ0v) is 13.5. The van der Waals surface area contributed by atoms with Crippen LogP contribution in [0.4, 0.5) is 0 Å². The first kappa shape index (κ1) is 16.2. The van der Waals surface area contributed by atoms with Gasteiger partial charge in [-0.25, -0.2) is 0 Å². The van der Waals surface area contributed by atoms with Gasteiger partial charge < -0.3 is 16.0 Å². The van der Waals surface area contributed by atoms with Gasteiger partial charge in [0.05, 0.1) is 10.4 Å². The Morgan fingerprint density at radius 1 is 1.33 bits per heavy atom. The number of piperidine rings is 1. The zero-order chi connectivity index (χ0) is 15.5. The van der Waals surface area contributed by atoms with Crippen molar-refractivity contribution in [2.75, 3.05) is 13.6 Å². The lowest BCUT2D eigenvalue weighted by Crippen LogP contribution is -2.55. The van der Waals surface area contributed by atoms with E-state index < -0.39 is 5.41 Å². The quantitative estimate of drug-likeness (QED) is 0.609. The third kappa shape index (κ3) is 3.54. The third-order valence-electron chi connectivity index (χ3n) is 4.83. The van der Waals surface area contributed by atoms with Crippen molar-refractivity contribution in [3.63, 3.8) is 0 Å². The molecule has 0 bridgehead atoms. The molecular formula is C15H25N3O2S. The topological polar surface area (TPSA) is 75.4 Å². The molecule has 1 saturated heterocycles. The van der Waals surface area contributed by atoms with Gasteiger partial charge in [-0.05, 0) is 19.3 Å². The van der Waals surface area contributed by atoms with Crippen molar-refractivity contribution >= 4 is 29.0 Å². The molecule has 5 nitrogen and oxygen atoms in total. The normalized spacial score (nSPS) is 26.0. The summed E-state index contributed by atoms with van der Waals surface area (Å²) in [5, 5.41) is 3.09. The van der Waals surface area contributed by atoms with E-state index >= 15 is 0 Å². The highest BCUT2D eigenvalue weighted by atomic mass is 32.1. The van der Waals surface area contributed by atoms with Crippen LogP contribution in [0.25, 0.3) is 0 Å². The molecule has 0 aromatic heterocycles. The molecule has 1 atom stereocenters. The molecular weight excluding hydrogens is 286 g/mol. The van der Waals surface area contributed by atoms with Crippen LogP contribution in [0.1, 0.15) is 51.4 Å². The lowest BCUT2D eigenvalue weighted by atomic mass is 9.79. The summed E-state index contributed by atoms with van der Waals surface area (Å²) >= 11 is 5.23. The van der Waals surface area contributed by atoms with Crippen LogP contribution < -0.4 is 11.1 Å². The number of likely N-dealkylation sites (tertiary alicyclic amines) is 1. The number of hydrogen-bond donors (Lipinski definition) is 2. The molecule has 118 valence electrons. The molecule has 0 aromatic carbocycles. The summed E-state index contributed by atoms with van der Waals surface area (Å²) in [6, 6.07) is 0.00896. The molecule has 0 aromatic rings. The van der Waals surface area contributed by atoms with Gasteiger partial charge in [0.15, 0.2) is 0 Å². The summed E-state index contributed by atoms with van der Waals surface area (Å²) < 4.78 is 0. The summed E-state index contributed by atoms with van der Waals surface area (Å²) in [4.78, 5) is 26.3. The van der Waals surface area contributed by atoms with Gasteiger partial charge in [-0.15, -0.1) is 0 Å². The lowest BCUT2D eigenvalue weighted by molar-refractivity contribution is -0.135. The average Bonchev–Trinajstić information content (AvgIpc) is 2.69. The highest BCUT2D eigenvalue weighted by Gasteiger charge is 2.42. The lowest BCUT2D eigenvalue weighted by Gasteiger charge is -2.35. The molecule has 3 N–H and O–H groups in total. The molecule has 2 aliphatic rings. The Balaban J connectivity index is 2.05. The minimum atomic E-state index is -0.689. The second kappa shape index (κ2) is 6.73. The van der Waals surface area contributed by atoms with E-state index in [9.17, 15) is 9.59 Å². The number of rotatable bonds is 3. The van der Waals surface area contributed by atoms with Gasteiger partial charge >= 0.3 is 0 Å². The number of hydrogen-bond acceptors (Lipinski definition) is 3. The number of nitrogens with one attached hydrogen (secondary N) is 1. The largest absolute Gasteiger partial charge is 0.392 e. The van der Waals surface area contributed by atoms with Gasteiger partial charge in [0.25, 0.3) is 0 Å². The fraction of sp³-hybridized carbons (Fsp3) is 0.800. The molecule has 2 fully saturated rings. The molecule has 2 rings (SSSR count). The maximum Gasteiger partial charge on any atom is 0.233 e. The zero-order valence-electron chi connectivity index (χ0n) is 12.7. The Morgan fingerprint density at radius 3 is 2.48 bits per heavy atom. The van der Waals surface area contributed by atoms with Crippen molar-refractivity contribution in [1.29, 1.82) is 0 Å². The predicted molar refractivity (Wildman–Crippen MR) is 85.7 cm³/mol. The molecule has 2 amide bonds. The van der Waals surface area contributed by atoms with Crippen molar-refractivity contribution in [1.82, 2.24) is 10.2 Å². The SMILES string of the molecule is CN1CC(NC(=O)C2(C(N)=S)CCCCCC2)CCC1=O. The molecule has 0 spiro atoms. The van der Waals surface area contributed by atoms with Gasteiger partial charge in [0, 0.05) is 26.1 Å². The smallest absolute Gasteiger partial charge is 0.233 e. The van der Waals surface area contributed by atoms with Crippen molar-refractivity contribution in [3.8, 4) is 0 Å². The van der Waals surface area contributed by atoms with Gasteiger partial charge in [-0.2, -0.15) is 0 Å². The average molecular weight is 311 g/mol. The van der Waals surface area contributed by atoms with E-state index in [0.717, 1.165) is 38.5 Å². The minimum Gasteiger partial charge on any atom is -0.392 e. The van der Waals surface area contributed by atoms with Crippen LogP contribution in [0.15, 0.2) is 0 Å². The van der Waals surface area contributed by atoms with Crippen LogP contribution in [0.2, 0.25) is 0 Å². The number of nitrogens with two attached hydrogens (primary N) is 1. The molecule has 1 heterocycles. The summed E-state index contributed by atoms with van der Waals surface area (Å²) in [7, 11) is 1.77. The van der Waals surface area contributed by atoms with Gasteiger partial charge in [0.2, 0.25) is 11.8 Å². The Bertz CT molecular complexity index is 431. The number of likely N-dealkylation sites (N-methyl/N-ethyl adjacent to an activating group) is 1. The fourth-order valence-electron chi connectivity index (χ4n) is 3.37. The minimum absolute atomic E-state index is 0.00896. The van der Waals surface area contributed by atoms with E-state index in [1.54, 1.807) is 11.9 Å². The van der Waals surface area contributed by atoms with Crippen molar-refractivity contribution in [3.05, 3.63) is 0 Å². The Labute approximate surface area is 131 Å². The number of amides is 2. The molecule has 21 heavy (non-hydrogen) atoms. The van der Waals surface area contributed by atoms with Crippen molar-refractivity contribution in [2.45, 2.75) is 57.4 Å². The van der Waals surface area contributed by atoms with Crippen LogP contribution >= 0.6 is 12.2 Å². The monoisotopic (exact) mass is 311 g/mol. The molecule has 1 aliphatic carbocycles. The maximum absolute atomic E-state index is 12.8. The molecule has 1 saturated carbocycles. The molecule has 6 heteroatoms. The fourth-order valence-corrected chi connectivity index (χ4v) is 3.67. The highest BCUT2D eigenvalue weighted by Crippen LogP contribution is 2.36. The van der Waals surface area contributed by atoms with E-state index in [4.69, 9.17) is 18.0 Å². The number of carbonyl (C=O) groups excluding carboxylic acids is 2. The first-order chi connectivity index (χ1) is 9.95. The van der Waals surface area contributed by atoms with E-state index in [0.29, 0.717) is 24.4 Å². The van der Waals surface area contributed by atoms with Gasteiger partial charge in [0.1, 0.15) is 0 Å². The number of carbonyl (C=O) groups is 2. The maximum atomic E-state index is 12.8. The molecule has 0 radical (unpaired) electrons. The first-order valence-electron chi connectivity index (χ1n) is 7.80. The predicted octanol–water partition coefficient (Wildman–Crippen LogP) is 1.35. The summed E-state index contributed by atoms with van der Waals surface area (Å²) in [5.74, 6) is 0.101. The van der Waals surface area contributed by atoms with Crippen LogP contribution in [-0.2, 0) is 9.59 Å². The Kier molecular flexibility index (Phi) is 5.19. The number of nitrogens with zero attached hydrogens (tertiary/aromatic N) is 1. The van der Waals surface area contributed by atoms with Crippen LogP contribution in [-0.4, -0.2) is 41.3 Å². The summed E-state index contributed by atoms with van der Waals surface area (Å²) in [6.07, 6.45) is 6.94. The van der Waals surface area contributed by atoms with E-state index in [-0.39, 0.29) is 17.9 Å². The summed E-state index contributed by atoms with van der Waals surface area (Å²) in [5.41, 5.74) is 5.24. The van der Waals surface area contributed by atoms with Crippen LogP contribution in [0, 0.1) is 5.41 Å². The van der Waals surface area contributed by atoms with Crippen molar-refractivity contribution < 1.29 is 9.59 Å². The summed E-state index contributed by atoms with van der Waals surface area (Å²) in [6.45, 7) is 0.567. The first-order valence-corrected chi connectivity index (χ1v) is 8.21. The third-order valence-corrected chi connectivity index (χ3v) is 5.22. The Hall–Kier alpha value is -1.17. The van der Waals surface area contributed by atoms with Crippen LogP contribution in [0.5, 0.6) is 0 Å². The van der Waals surface area contributed by atoms with Gasteiger partial charge in [-0.3, -0.25) is 9.59 Å². The van der Waals surface area contributed by atoms with Crippen LogP contribution in [0.3, 0.4) is 0 Å². The van der Waals surface area contributed by atoms with Gasteiger partial charge in [-0.1, -0.05) is 37.9 Å².